The Hall–Kier alpha value is -1.79. The molecule has 0 radical (unpaired) electrons. The average molecular weight is 314 g/mol. The number of nitrogens with one attached hydrogen (secondary N) is 1. The van der Waals surface area contributed by atoms with E-state index in [1.807, 2.05) is 0 Å². The van der Waals surface area contributed by atoms with Gasteiger partial charge < -0.3 is 9.72 Å². The van der Waals surface area contributed by atoms with Gasteiger partial charge in [0, 0.05) is 17.5 Å². The van der Waals surface area contributed by atoms with Crippen molar-refractivity contribution in [1.29, 1.82) is 0 Å². The third-order valence-corrected chi connectivity index (χ3v) is 3.86. The Bertz CT molecular complexity index is 723. The number of aromatic amines is 1. The van der Waals surface area contributed by atoms with Gasteiger partial charge in [-0.25, -0.2) is 13.2 Å². The number of halogens is 1. The van der Waals surface area contributed by atoms with Gasteiger partial charge in [0.25, 0.3) is 0 Å². The summed E-state index contributed by atoms with van der Waals surface area (Å²) < 4.78 is 28.1. The fraction of sp³-hybridized carbons (Fsp3) is 0.154. The van der Waals surface area contributed by atoms with Gasteiger partial charge in [0.15, 0.2) is 9.84 Å². The molecule has 0 fully saturated rings. The Morgan fingerprint density at radius 2 is 2.10 bits per heavy atom. The number of ether oxygens (including phenoxy) is 1. The zero-order valence-electron chi connectivity index (χ0n) is 10.6. The number of H-pyrrole nitrogens is 1. The first-order valence-electron chi connectivity index (χ1n) is 5.66. The summed E-state index contributed by atoms with van der Waals surface area (Å²) in [5, 5.41) is 0.277. The highest BCUT2D eigenvalue weighted by Crippen LogP contribution is 2.20. The zero-order valence-corrected chi connectivity index (χ0v) is 12.2. The third-order valence-electron chi connectivity index (χ3n) is 2.55. The van der Waals surface area contributed by atoms with Crippen LogP contribution in [0.1, 0.15) is 16.1 Å². The van der Waals surface area contributed by atoms with E-state index in [-0.39, 0.29) is 16.5 Å². The van der Waals surface area contributed by atoms with Crippen molar-refractivity contribution >= 4 is 27.4 Å². The fourth-order valence-corrected chi connectivity index (χ4v) is 2.63. The molecule has 2 aromatic rings. The smallest absolute Gasteiger partial charge is 0.355 e. The van der Waals surface area contributed by atoms with E-state index in [4.69, 9.17) is 16.3 Å². The summed E-state index contributed by atoms with van der Waals surface area (Å²) in [5.41, 5.74) is 0.841. The topological polar surface area (TPSA) is 76.2 Å². The molecule has 1 N–H and O–H groups in total. The maximum atomic E-state index is 11.6. The third kappa shape index (κ3) is 3.61. The summed E-state index contributed by atoms with van der Waals surface area (Å²) in [6.45, 7) is -0.0546. The van der Waals surface area contributed by atoms with Crippen LogP contribution in [0.3, 0.4) is 0 Å². The minimum Gasteiger partial charge on any atom is -0.456 e. The molecule has 0 bridgehead atoms. The average Bonchev–Trinajstić information content (AvgIpc) is 2.88. The van der Waals surface area contributed by atoms with Gasteiger partial charge in [0.1, 0.15) is 12.3 Å². The second-order valence-electron chi connectivity index (χ2n) is 4.23. The van der Waals surface area contributed by atoms with Gasteiger partial charge in [-0.15, -0.1) is 0 Å². The standard InChI is InChI=1S/C13H12ClNO4S/c1-20(17,18)11-6-9(5-10(14)7-11)8-19-13(16)12-3-2-4-15-12/h2-7,15H,8H2,1H3. The van der Waals surface area contributed by atoms with Gasteiger partial charge in [-0.3, -0.25) is 0 Å². The summed E-state index contributed by atoms with van der Waals surface area (Å²) in [7, 11) is -3.36. The lowest BCUT2D eigenvalue weighted by Gasteiger charge is -2.06. The molecule has 20 heavy (non-hydrogen) atoms. The highest BCUT2D eigenvalue weighted by molar-refractivity contribution is 7.90. The lowest BCUT2D eigenvalue weighted by atomic mass is 10.2. The van der Waals surface area contributed by atoms with Crippen molar-refractivity contribution in [2.45, 2.75) is 11.5 Å². The number of hydrogen-bond acceptors (Lipinski definition) is 4. The van der Waals surface area contributed by atoms with E-state index in [0.29, 0.717) is 11.3 Å². The van der Waals surface area contributed by atoms with Gasteiger partial charge in [0.2, 0.25) is 0 Å². The zero-order chi connectivity index (χ0) is 14.8. The number of carbonyl (C=O) groups excluding carboxylic acids is 1. The van der Waals surface area contributed by atoms with E-state index >= 15 is 0 Å². The van der Waals surface area contributed by atoms with Crippen LogP contribution in [0.15, 0.2) is 41.4 Å². The molecule has 0 saturated heterocycles. The lowest BCUT2D eigenvalue weighted by molar-refractivity contribution is 0.0466. The molecule has 106 valence electrons. The van der Waals surface area contributed by atoms with E-state index in [9.17, 15) is 13.2 Å². The summed E-state index contributed by atoms with van der Waals surface area (Å²) in [4.78, 5) is 14.5. The largest absolute Gasteiger partial charge is 0.456 e. The van der Waals surface area contributed by atoms with Gasteiger partial charge in [-0.1, -0.05) is 11.6 Å². The highest BCUT2D eigenvalue weighted by Gasteiger charge is 2.12. The van der Waals surface area contributed by atoms with Crippen LogP contribution < -0.4 is 0 Å². The second-order valence-corrected chi connectivity index (χ2v) is 6.68. The Balaban J connectivity index is 2.14. The molecular formula is C13H12ClNO4S. The van der Waals surface area contributed by atoms with E-state index in [2.05, 4.69) is 4.98 Å². The number of benzene rings is 1. The number of esters is 1. The first kappa shape index (κ1) is 14.6. The first-order chi connectivity index (χ1) is 9.36. The molecule has 0 aliphatic rings. The van der Waals surface area contributed by atoms with E-state index in [0.717, 1.165) is 6.26 Å². The fourth-order valence-electron chi connectivity index (χ4n) is 1.60. The number of sulfone groups is 1. The predicted molar refractivity (Wildman–Crippen MR) is 74.5 cm³/mol. The number of carbonyl (C=O) groups is 1. The predicted octanol–water partition coefficient (Wildman–Crippen LogP) is 2.43. The molecule has 5 nitrogen and oxygen atoms in total. The molecular weight excluding hydrogens is 302 g/mol. The molecule has 0 spiro atoms. The maximum absolute atomic E-state index is 11.6. The molecule has 0 saturated carbocycles. The second kappa shape index (κ2) is 5.68. The normalized spacial score (nSPS) is 11.3. The van der Waals surface area contributed by atoms with Gasteiger partial charge >= 0.3 is 5.97 Å². The number of rotatable bonds is 4. The first-order valence-corrected chi connectivity index (χ1v) is 7.93. The summed E-state index contributed by atoms with van der Waals surface area (Å²) in [6, 6.07) is 7.61. The van der Waals surface area contributed by atoms with E-state index in [1.165, 1.54) is 12.1 Å². The molecule has 1 heterocycles. The molecule has 0 amide bonds. The van der Waals surface area contributed by atoms with Crippen LogP contribution in [0, 0.1) is 0 Å². The van der Waals surface area contributed by atoms with Crippen molar-refractivity contribution in [3.05, 3.63) is 52.8 Å². The van der Waals surface area contributed by atoms with E-state index < -0.39 is 15.8 Å². The SMILES string of the molecule is CS(=O)(=O)c1cc(Cl)cc(COC(=O)c2ccc[nH]2)c1. The number of aromatic nitrogens is 1. The molecule has 7 heteroatoms. The van der Waals surface area contributed by atoms with Crippen molar-refractivity contribution in [3.8, 4) is 0 Å². The van der Waals surface area contributed by atoms with Gasteiger partial charge in [0.05, 0.1) is 4.90 Å². The minimum atomic E-state index is -3.36. The quantitative estimate of drug-likeness (QED) is 0.880. The molecule has 0 atom stereocenters. The van der Waals surface area contributed by atoms with Crippen LogP contribution in [0.4, 0.5) is 0 Å². The van der Waals surface area contributed by atoms with Crippen molar-refractivity contribution < 1.29 is 17.9 Å². The Morgan fingerprint density at radius 1 is 1.35 bits per heavy atom. The molecule has 0 unspecified atom stereocenters. The van der Waals surface area contributed by atoms with Gasteiger partial charge in [-0.05, 0) is 35.9 Å². The van der Waals surface area contributed by atoms with Crippen LogP contribution in [0.2, 0.25) is 5.02 Å². The van der Waals surface area contributed by atoms with Crippen LogP contribution >= 0.6 is 11.6 Å². The maximum Gasteiger partial charge on any atom is 0.355 e. The molecule has 1 aromatic carbocycles. The minimum absolute atomic E-state index is 0.0546. The van der Waals surface area contributed by atoms with Crippen molar-refractivity contribution in [3.63, 3.8) is 0 Å². The van der Waals surface area contributed by atoms with Crippen molar-refractivity contribution in [2.75, 3.05) is 6.26 Å². The van der Waals surface area contributed by atoms with Crippen LogP contribution in [-0.2, 0) is 21.2 Å². The van der Waals surface area contributed by atoms with Crippen LogP contribution in [0.5, 0.6) is 0 Å². The highest BCUT2D eigenvalue weighted by atomic mass is 35.5. The summed E-state index contributed by atoms with van der Waals surface area (Å²) in [6.07, 6.45) is 2.70. The summed E-state index contributed by atoms with van der Waals surface area (Å²) >= 11 is 5.86. The Kier molecular flexibility index (Phi) is 4.15. The van der Waals surface area contributed by atoms with E-state index in [1.54, 1.807) is 24.4 Å². The summed E-state index contributed by atoms with van der Waals surface area (Å²) in [5.74, 6) is -0.518. The van der Waals surface area contributed by atoms with Crippen molar-refractivity contribution in [1.82, 2.24) is 4.98 Å². The van der Waals surface area contributed by atoms with Crippen LogP contribution in [-0.4, -0.2) is 25.6 Å². The van der Waals surface area contributed by atoms with Crippen molar-refractivity contribution in [2.24, 2.45) is 0 Å². The lowest BCUT2D eigenvalue weighted by Crippen LogP contribution is -2.06. The monoisotopic (exact) mass is 313 g/mol. The Morgan fingerprint density at radius 3 is 2.70 bits per heavy atom. The molecule has 0 aliphatic carbocycles. The van der Waals surface area contributed by atoms with Gasteiger partial charge in [-0.2, -0.15) is 0 Å². The molecule has 0 aliphatic heterocycles. The number of hydrogen-bond donors (Lipinski definition) is 1. The molecule has 2 rings (SSSR count). The van der Waals surface area contributed by atoms with Crippen LogP contribution in [0.25, 0.3) is 0 Å². The Labute approximate surface area is 121 Å². The molecule has 1 aromatic heterocycles.